The lowest BCUT2D eigenvalue weighted by Crippen LogP contribution is -2.53. The minimum absolute atomic E-state index is 0.0271. The molecule has 0 bridgehead atoms. The lowest BCUT2D eigenvalue weighted by atomic mass is 9.95. The summed E-state index contributed by atoms with van der Waals surface area (Å²) in [5.74, 6) is -0.319. The number of amides is 2. The third kappa shape index (κ3) is 8.42. The largest absolute Gasteiger partial charge is 0.493 e. The highest BCUT2D eigenvalue weighted by molar-refractivity contribution is 7.92. The number of ether oxygens (including phenoxy) is 2. The minimum Gasteiger partial charge on any atom is -0.493 e. The molecule has 9 nitrogen and oxygen atoms in total. The maximum absolute atomic E-state index is 14.2. The Morgan fingerprint density at radius 2 is 1.60 bits per heavy atom. The molecule has 0 aliphatic heterocycles. The topological polar surface area (TPSA) is 105 Å². The first kappa shape index (κ1) is 34.4. The van der Waals surface area contributed by atoms with E-state index in [2.05, 4.69) is 5.32 Å². The van der Waals surface area contributed by atoms with Gasteiger partial charge in [-0.25, -0.2) is 8.42 Å². The van der Waals surface area contributed by atoms with Gasteiger partial charge in [0.05, 0.1) is 24.8 Å². The van der Waals surface area contributed by atoms with Gasteiger partial charge in [0.2, 0.25) is 11.8 Å². The second-order valence-corrected chi connectivity index (χ2v) is 13.8. The molecule has 242 valence electrons. The van der Waals surface area contributed by atoms with Crippen LogP contribution in [-0.4, -0.2) is 58.0 Å². The maximum Gasteiger partial charge on any atom is 0.264 e. The first-order valence-corrected chi connectivity index (χ1v) is 17.0. The molecule has 1 saturated carbocycles. The van der Waals surface area contributed by atoms with Gasteiger partial charge >= 0.3 is 0 Å². The van der Waals surface area contributed by atoms with Crippen LogP contribution in [0.2, 0.25) is 10.0 Å². The summed E-state index contributed by atoms with van der Waals surface area (Å²) in [6, 6.07) is 15.1. The van der Waals surface area contributed by atoms with Crippen molar-refractivity contribution < 1.29 is 27.5 Å². The Morgan fingerprint density at radius 1 is 0.933 bits per heavy atom. The number of carbonyl (C=O) groups excluding carboxylic acids is 2. The first-order chi connectivity index (χ1) is 21.4. The highest BCUT2D eigenvalue weighted by atomic mass is 35.5. The van der Waals surface area contributed by atoms with Gasteiger partial charge in [0.1, 0.15) is 12.6 Å². The van der Waals surface area contributed by atoms with Crippen molar-refractivity contribution in [3.63, 3.8) is 0 Å². The number of halogens is 2. The molecule has 1 aliphatic carbocycles. The van der Waals surface area contributed by atoms with Crippen LogP contribution in [0.4, 0.5) is 5.69 Å². The molecule has 45 heavy (non-hydrogen) atoms. The molecule has 0 heterocycles. The fourth-order valence-corrected chi connectivity index (χ4v) is 7.23. The number of aryl methyl sites for hydroxylation is 1. The van der Waals surface area contributed by atoms with Crippen molar-refractivity contribution in [2.45, 2.75) is 69.5 Å². The third-order valence-electron chi connectivity index (χ3n) is 8.02. The standard InChI is InChI=1S/C33H39Cl2N3O6S/c1-22-10-14-27(15-11-22)38(45(41,42)28-16-17-30(43-3)31(19-28)44-4)21-32(39)37(20-24-12-13-25(34)18-29(24)35)23(2)33(40)36-26-8-6-5-7-9-26/h10-19,23,26H,5-9,20-21H2,1-4H3,(H,36,40)/t23-/m0/s1. The molecule has 0 saturated heterocycles. The second-order valence-electron chi connectivity index (χ2n) is 11.1. The number of hydrogen-bond donors (Lipinski definition) is 1. The number of hydrogen-bond acceptors (Lipinski definition) is 6. The Labute approximate surface area is 275 Å². The average Bonchev–Trinajstić information content (AvgIpc) is 3.03. The van der Waals surface area contributed by atoms with Crippen molar-refractivity contribution >= 4 is 50.7 Å². The van der Waals surface area contributed by atoms with Gasteiger partial charge in [-0.05, 0) is 68.7 Å². The summed E-state index contributed by atoms with van der Waals surface area (Å²) >= 11 is 12.6. The van der Waals surface area contributed by atoms with Crippen molar-refractivity contribution in [3.05, 3.63) is 81.8 Å². The Kier molecular flexibility index (Phi) is 11.6. The molecule has 3 aromatic carbocycles. The predicted octanol–water partition coefficient (Wildman–Crippen LogP) is 6.38. The number of sulfonamides is 1. The molecule has 0 unspecified atom stereocenters. The molecule has 1 fully saturated rings. The fraction of sp³-hybridized carbons (Fsp3) is 0.394. The Balaban J connectivity index is 1.72. The van der Waals surface area contributed by atoms with Crippen LogP contribution >= 0.6 is 23.2 Å². The van der Waals surface area contributed by atoms with Crippen LogP contribution in [0, 0.1) is 6.92 Å². The smallest absolute Gasteiger partial charge is 0.264 e. The van der Waals surface area contributed by atoms with E-state index >= 15 is 0 Å². The fourth-order valence-electron chi connectivity index (χ4n) is 5.33. The summed E-state index contributed by atoms with van der Waals surface area (Å²) in [5.41, 5.74) is 1.77. The summed E-state index contributed by atoms with van der Waals surface area (Å²) in [6.45, 7) is 2.91. The highest BCUT2D eigenvalue weighted by Crippen LogP contribution is 2.33. The van der Waals surface area contributed by atoms with Crippen LogP contribution in [0.25, 0.3) is 0 Å². The normalized spacial score (nSPS) is 14.4. The van der Waals surface area contributed by atoms with Crippen LogP contribution in [0.3, 0.4) is 0 Å². The number of methoxy groups -OCH3 is 2. The van der Waals surface area contributed by atoms with Gasteiger partial charge in [0.25, 0.3) is 10.0 Å². The first-order valence-electron chi connectivity index (χ1n) is 14.8. The molecule has 3 aromatic rings. The summed E-state index contributed by atoms with van der Waals surface area (Å²) in [6.07, 6.45) is 4.94. The van der Waals surface area contributed by atoms with Crippen LogP contribution in [-0.2, 0) is 26.2 Å². The highest BCUT2D eigenvalue weighted by Gasteiger charge is 2.34. The van der Waals surface area contributed by atoms with E-state index in [0.717, 1.165) is 42.0 Å². The summed E-state index contributed by atoms with van der Waals surface area (Å²) in [7, 11) is -1.44. The molecule has 12 heteroatoms. The third-order valence-corrected chi connectivity index (χ3v) is 10.4. The number of anilines is 1. The number of benzene rings is 3. The van der Waals surface area contributed by atoms with Gasteiger partial charge in [-0.3, -0.25) is 13.9 Å². The van der Waals surface area contributed by atoms with Gasteiger partial charge < -0.3 is 19.7 Å². The van der Waals surface area contributed by atoms with Gasteiger partial charge in [0, 0.05) is 28.7 Å². The van der Waals surface area contributed by atoms with E-state index in [4.69, 9.17) is 32.7 Å². The molecule has 2 amide bonds. The molecular weight excluding hydrogens is 637 g/mol. The monoisotopic (exact) mass is 675 g/mol. The summed E-state index contributed by atoms with van der Waals surface area (Å²) in [5, 5.41) is 3.84. The van der Waals surface area contributed by atoms with Crippen molar-refractivity contribution in [2.75, 3.05) is 25.1 Å². The molecule has 4 rings (SSSR count). The summed E-state index contributed by atoms with van der Waals surface area (Å²) < 4.78 is 40.1. The molecule has 0 spiro atoms. The molecule has 0 radical (unpaired) electrons. The molecular formula is C33H39Cl2N3O6S. The Bertz CT molecular complexity index is 1610. The zero-order valence-corrected chi connectivity index (χ0v) is 28.2. The van der Waals surface area contributed by atoms with Gasteiger partial charge in [-0.1, -0.05) is 66.2 Å². The Morgan fingerprint density at radius 3 is 2.22 bits per heavy atom. The summed E-state index contributed by atoms with van der Waals surface area (Å²) in [4.78, 5) is 29.0. The van der Waals surface area contributed by atoms with Crippen molar-refractivity contribution in [1.82, 2.24) is 10.2 Å². The van der Waals surface area contributed by atoms with Crippen molar-refractivity contribution in [2.24, 2.45) is 0 Å². The second kappa shape index (κ2) is 15.2. The van der Waals surface area contributed by atoms with E-state index in [9.17, 15) is 18.0 Å². The Hall–Kier alpha value is -3.47. The van der Waals surface area contributed by atoms with Gasteiger partial charge in [-0.15, -0.1) is 0 Å². The van der Waals surface area contributed by atoms with Crippen molar-refractivity contribution in [1.29, 1.82) is 0 Å². The molecule has 1 N–H and O–H groups in total. The molecule has 0 aromatic heterocycles. The lowest BCUT2D eigenvalue weighted by Gasteiger charge is -2.33. The van der Waals surface area contributed by atoms with E-state index in [0.29, 0.717) is 21.4 Å². The molecule has 1 aliphatic rings. The SMILES string of the molecule is COc1ccc(S(=O)(=O)N(CC(=O)N(Cc2ccc(Cl)cc2Cl)[C@@H](C)C(=O)NC2CCCCC2)c2ccc(C)cc2)cc1OC. The number of carbonyl (C=O) groups is 2. The maximum atomic E-state index is 14.2. The van der Waals surface area contributed by atoms with E-state index < -0.39 is 28.5 Å². The molecule has 1 atom stereocenters. The lowest BCUT2D eigenvalue weighted by molar-refractivity contribution is -0.139. The van der Waals surface area contributed by atoms with Gasteiger partial charge in [-0.2, -0.15) is 0 Å². The zero-order chi connectivity index (χ0) is 32.7. The van der Waals surface area contributed by atoms with E-state index in [1.54, 1.807) is 49.4 Å². The van der Waals surface area contributed by atoms with Crippen LogP contribution in [0.1, 0.15) is 50.2 Å². The quantitative estimate of drug-likeness (QED) is 0.239. The van der Waals surface area contributed by atoms with E-state index in [-0.39, 0.29) is 34.8 Å². The average molecular weight is 677 g/mol. The zero-order valence-electron chi connectivity index (χ0n) is 25.9. The predicted molar refractivity (Wildman–Crippen MR) is 177 cm³/mol. The minimum atomic E-state index is -4.30. The van der Waals surface area contributed by atoms with Crippen LogP contribution in [0.15, 0.2) is 65.6 Å². The number of nitrogens with one attached hydrogen (secondary N) is 1. The van der Waals surface area contributed by atoms with Crippen LogP contribution < -0.4 is 19.1 Å². The van der Waals surface area contributed by atoms with E-state index in [1.165, 1.54) is 37.3 Å². The van der Waals surface area contributed by atoms with Crippen LogP contribution in [0.5, 0.6) is 11.5 Å². The number of nitrogens with zero attached hydrogens (tertiary/aromatic N) is 2. The van der Waals surface area contributed by atoms with E-state index in [1.807, 2.05) is 6.92 Å². The van der Waals surface area contributed by atoms with Crippen molar-refractivity contribution in [3.8, 4) is 11.5 Å². The number of rotatable bonds is 12. The van der Waals surface area contributed by atoms with Gasteiger partial charge in [0.15, 0.2) is 11.5 Å².